The lowest BCUT2D eigenvalue weighted by molar-refractivity contribution is -0.191. The van der Waals surface area contributed by atoms with Crippen LogP contribution in [0.1, 0.15) is 70.0 Å². The summed E-state index contributed by atoms with van der Waals surface area (Å²) in [5.74, 6) is 0.839. The number of aromatic hydroxyl groups is 1. The molecule has 0 bridgehead atoms. The molecule has 27 heavy (non-hydrogen) atoms. The van der Waals surface area contributed by atoms with Gasteiger partial charge in [0.25, 0.3) is 0 Å². The van der Waals surface area contributed by atoms with Crippen LogP contribution in [0.3, 0.4) is 0 Å². The fourth-order valence-corrected chi connectivity index (χ4v) is 3.46. The highest BCUT2D eigenvalue weighted by atomic mass is 16.7. The van der Waals surface area contributed by atoms with Gasteiger partial charge in [-0.25, -0.2) is 9.97 Å². The molecule has 5 heteroatoms. The van der Waals surface area contributed by atoms with Crippen LogP contribution in [0.2, 0.25) is 0 Å². The number of rotatable bonds is 9. The van der Waals surface area contributed by atoms with Gasteiger partial charge in [0.2, 0.25) is 0 Å². The second-order valence-electron chi connectivity index (χ2n) is 7.12. The smallest absolute Gasteiger partial charge is 0.159 e. The largest absolute Gasteiger partial charge is 0.508 e. The molecule has 1 N–H and O–H groups in total. The molecule has 0 amide bonds. The summed E-state index contributed by atoms with van der Waals surface area (Å²) < 4.78 is 12.0. The molecule has 1 saturated heterocycles. The Morgan fingerprint density at radius 2 is 2.04 bits per heavy atom. The van der Waals surface area contributed by atoms with E-state index in [1.54, 1.807) is 24.5 Å². The molecule has 2 heterocycles. The number of aromatic nitrogens is 2. The van der Waals surface area contributed by atoms with Gasteiger partial charge in [0.05, 0.1) is 6.10 Å². The van der Waals surface area contributed by atoms with Gasteiger partial charge in [0, 0.05) is 30.1 Å². The minimum atomic E-state index is -0.175. The molecule has 1 aromatic heterocycles. The Bertz CT molecular complexity index is 687. The molecule has 0 aliphatic carbocycles. The van der Waals surface area contributed by atoms with Crippen molar-refractivity contribution in [3.05, 3.63) is 42.2 Å². The van der Waals surface area contributed by atoms with Crippen LogP contribution in [-0.2, 0) is 9.47 Å². The molecule has 2 unspecified atom stereocenters. The van der Waals surface area contributed by atoms with Crippen molar-refractivity contribution in [1.29, 1.82) is 0 Å². The number of hydrogen-bond acceptors (Lipinski definition) is 5. The molecule has 2 atom stereocenters. The van der Waals surface area contributed by atoms with Crippen LogP contribution < -0.4 is 0 Å². The van der Waals surface area contributed by atoms with Gasteiger partial charge >= 0.3 is 0 Å². The van der Waals surface area contributed by atoms with Crippen molar-refractivity contribution in [1.82, 2.24) is 9.97 Å². The van der Waals surface area contributed by atoms with Crippen LogP contribution in [-0.4, -0.2) is 28.0 Å². The number of benzene rings is 1. The Morgan fingerprint density at radius 1 is 1.19 bits per heavy atom. The summed E-state index contributed by atoms with van der Waals surface area (Å²) in [4.78, 5) is 8.51. The molecule has 1 aliphatic heterocycles. The zero-order valence-electron chi connectivity index (χ0n) is 16.1. The minimum Gasteiger partial charge on any atom is -0.508 e. The normalized spacial score (nSPS) is 18.3. The van der Waals surface area contributed by atoms with Crippen molar-refractivity contribution in [3.63, 3.8) is 0 Å². The Labute approximate surface area is 161 Å². The van der Waals surface area contributed by atoms with Gasteiger partial charge < -0.3 is 14.6 Å². The van der Waals surface area contributed by atoms with E-state index < -0.39 is 0 Å². The Morgan fingerprint density at radius 3 is 2.74 bits per heavy atom. The number of phenolic OH excluding ortho intramolecular Hbond substituents is 1. The fraction of sp³-hybridized carbons (Fsp3) is 0.545. The van der Waals surface area contributed by atoms with Crippen LogP contribution in [0, 0.1) is 0 Å². The molecule has 146 valence electrons. The highest BCUT2D eigenvalue weighted by Gasteiger charge is 2.23. The van der Waals surface area contributed by atoms with Crippen molar-refractivity contribution < 1.29 is 14.6 Å². The zero-order valence-corrected chi connectivity index (χ0v) is 16.1. The van der Waals surface area contributed by atoms with Gasteiger partial charge in [0.15, 0.2) is 12.1 Å². The summed E-state index contributed by atoms with van der Waals surface area (Å²) in [6.07, 6.45) is 11.8. The lowest BCUT2D eigenvalue weighted by atomic mass is 9.99. The Balaban J connectivity index is 1.75. The van der Waals surface area contributed by atoms with Crippen LogP contribution >= 0.6 is 0 Å². The summed E-state index contributed by atoms with van der Waals surface area (Å²) in [6, 6.07) is 7.40. The predicted octanol–water partition coefficient (Wildman–Crippen LogP) is 5.40. The van der Waals surface area contributed by atoms with E-state index >= 15 is 0 Å². The first-order valence-corrected chi connectivity index (χ1v) is 10.1. The van der Waals surface area contributed by atoms with E-state index in [2.05, 4.69) is 16.9 Å². The topological polar surface area (TPSA) is 64.5 Å². The molecule has 0 radical (unpaired) electrons. The second-order valence-corrected chi connectivity index (χ2v) is 7.12. The summed E-state index contributed by atoms with van der Waals surface area (Å²) in [7, 11) is 0. The highest BCUT2D eigenvalue weighted by molar-refractivity contribution is 5.59. The molecular weight excluding hydrogens is 340 g/mol. The summed E-state index contributed by atoms with van der Waals surface area (Å²) >= 11 is 0. The van der Waals surface area contributed by atoms with Gasteiger partial charge in [-0.3, -0.25) is 0 Å². The van der Waals surface area contributed by atoms with Crippen molar-refractivity contribution in [2.24, 2.45) is 0 Å². The van der Waals surface area contributed by atoms with Gasteiger partial charge in [-0.2, -0.15) is 0 Å². The van der Waals surface area contributed by atoms with Crippen LogP contribution in [0.25, 0.3) is 11.4 Å². The second kappa shape index (κ2) is 10.4. The third kappa shape index (κ3) is 5.75. The Kier molecular flexibility index (Phi) is 7.60. The summed E-state index contributed by atoms with van der Waals surface area (Å²) in [5, 5.41) is 10.7. The van der Waals surface area contributed by atoms with Crippen molar-refractivity contribution in [3.8, 4) is 17.1 Å². The number of unbranched alkanes of at least 4 members (excludes halogenated alkanes) is 3. The molecular formula is C22H30N2O3. The lowest BCUT2D eigenvalue weighted by Gasteiger charge is -2.28. The maximum atomic E-state index is 10.7. The minimum absolute atomic E-state index is 0.157. The zero-order chi connectivity index (χ0) is 18.9. The summed E-state index contributed by atoms with van der Waals surface area (Å²) in [6.45, 7) is 2.96. The van der Waals surface area contributed by atoms with E-state index in [1.807, 2.05) is 12.1 Å². The SMILES string of the molecule is CCCCCCC(OC1CCCCO1)c1ccc(-c2ncccn2)cc1O. The van der Waals surface area contributed by atoms with Crippen molar-refractivity contribution in [2.75, 3.05) is 6.61 Å². The van der Waals surface area contributed by atoms with Crippen LogP contribution in [0.15, 0.2) is 36.7 Å². The average molecular weight is 370 g/mol. The molecule has 0 spiro atoms. The van der Waals surface area contributed by atoms with E-state index in [-0.39, 0.29) is 18.1 Å². The van der Waals surface area contributed by atoms with Crippen LogP contribution in [0.5, 0.6) is 5.75 Å². The van der Waals surface area contributed by atoms with Gasteiger partial charge in [-0.15, -0.1) is 0 Å². The number of nitrogens with zero attached hydrogens (tertiary/aromatic N) is 2. The molecule has 0 saturated carbocycles. The molecule has 1 fully saturated rings. The number of phenols is 1. The average Bonchev–Trinajstić information content (AvgIpc) is 2.72. The third-order valence-electron chi connectivity index (χ3n) is 4.98. The molecule has 3 rings (SSSR count). The maximum absolute atomic E-state index is 10.7. The first-order chi connectivity index (χ1) is 13.3. The van der Waals surface area contributed by atoms with Crippen molar-refractivity contribution >= 4 is 0 Å². The lowest BCUT2D eigenvalue weighted by Crippen LogP contribution is -2.24. The van der Waals surface area contributed by atoms with E-state index in [1.165, 1.54) is 19.3 Å². The van der Waals surface area contributed by atoms with Crippen LogP contribution in [0.4, 0.5) is 0 Å². The molecule has 5 nitrogen and oxygen atoms in total. The van der Waals surface area contributed by atoms with Crippen molar-refractivity contribution in [2.45, 2.75) is 70.7 Å². The van der Waals surface area contributed by atoms with E-state index in [0.717, 1.165) is 49.8 Å². The summed E-state index contributed by atoms with van der Waals surface area (Å²) in [5.41, 5.74) is 1.62. The predicted molar refractivity (Wildman–Crippen MR) is 105 cm³/mol. The standard InChI is InChI=1S/C22H30N2O3/c1-2-3-4-5-9-20(27-21-10-6-7-15-26-21)18-12-11-17(16-19(18)25)22-23-13-8-14-24-22/h8,11-14,16,20-21,25H,2-7,9-10,15H2,1H3. The first-order valence-electron chi connectivity index (χ1n) is 10.1. The number of hydrogen-bond donors (Lipinski definition) is 1. The van der Waals surface area contributed by atoms with Gasteiger partial charge in [0.1, 0.15) is 5.75 Å². The Hall–Kier alpha value is -1.98. The van der Waals surface area contributed by atoms with Gasteiger partial charge in [-0.1, -0.05) is 44.7 Å². The third-order valence-corrected chi connectivity index (χ3v) is 4.98. The molecule has 2 aromatic rings. The molecule has 1 aromatic carbocycles. The van der Waals surface area contributed by atoms with E-state index in [0.29, 0.717) is 5.82 Å². The highest BCUT2D eigenvalue weighted by Crippen LogP contribution is 2.35. The fourth-order valence-electron chi connectivity index (χ4n) is 3.46. The number of ether oxygens (including phenoxy) is 2. The first kappa shape index (κ1) is 19.8. The van der Waals surface area contributed by atoms with Gasteiger partial charge in [-0.05, 0) is 37.8 Å². The van der Waals surface area contributed by atoms with E-state index in [4.69, 9.17) is 9.47 Å². The quantitative estimate of drug-likeness (QED) is 0.598. The maximum Gasteiger partial charge on any atom is 0.159 e. The monoisotopic (exact) mass is 370 g/mol. The molecule has 1 aliphatic rings. The van der Waals surface area contributed by atoms with E-state index in [9.17, 15) is 5.11 Å².